The van der Waals surface area contributed by atoms with Crippen LogP contribution in [-0.4, -0.2) is 21.9 Å². The van der Waals surface area contributed by atoms with E-state index in [2.05, 4.69) is 13.8 Å². The van der Waals surface area contributed by atoms with Gasteiger partial charge in [0, 0.05) is 5.41 Å². The van der Waals surface area contributed by atoms with E-state index in [-0.39, 0.29) is 11.5 Å². The maximum absolute atomic E-state index is 10.7. The van der Waals surface area contributed by atoms with E-state index < -0.39 is 5.60 Å². The van der Waals surface area contributed by atoms with Gasteiger partial charge < -0.3 is 10.2 Å². The van der Waals surface area contributed by atoms with Gasteiger partial charge in [0.2, 0.25) is 0 Å². The molecule has 2 aliphatic rings. The van der Waals surface area contributed by atoms with Gasteiger partial charge in [-0.1, -0.05) is 26.7 Å². The standard InChI is InChI=1S/C12H22O2/c1-9-5-6-10(13)11(2)7-3-4-8-12(9,11)14/h9-10,13-14H,3-8H2,1-2H3/t9-,10+,11+,12-/m0/s1. The van der Waals surface area contributed by atoms with Crippen molar-refractivity contribution in [3.63, 3.8) is 0 Å². The van der Waals surface area contributed by atoms with E-state index in [1.165, 1.54) is 0 Å². The van der Waals surface area contributed by atoms with E-state index in [0.717, 1.165) is 38.5 Å². The average Bonchev–Trinajstić information content (AvgIpc) is 2.16. The Kier molecular flexibility index (Phi) is 2.39. The van der Waals surface area contributed by atoms with Crippen molar-refractivity contribution >= 4 is 0 Å². The second kappa shape index (κ2) is 3.21. The van der Waals surface area contributed by atoms with Crippen molar-refractivity contribution < 1.29 is 10.2 Å². The number of hydrogen-bond acceptors (Lipinski definition) is 2. The molecule has 0 bridgehead atoms. The van der Waals surface area contributed by atoms with Gasteiger partial charge in [0.05, 0.1) is 11.7 Å². The van der Waals surface area contributed by atoms with Gasteiger partial charge >= 0.3 is 0 Å². The number of aliphatic hydroxyl groups excluding tert-OH is 1. The molecule has 82 valence electrons. The van der Waals surface area contributed by atoms with Crippen LogP contribution in [0.5, 0.6) is 0 Å². The Labute approximate surface area is 86.3 Å². The van der Waals surface area contributed by atoms with Gasteiger partial charge in [-0.2, -0.15) is 0 Å². The molecule has 2 heteroatoms. The topological polar surface area (TPSA) is 40.5 Å². The van der Waals surface area contributed by atoms with Gasteiger partial charge in [-0.15, -0.1) is 0 Å². The largest absolute Gasteiger partial charge is 0.392 e. The summed E-state index contributed by atoms with van der Waals surface area (Å²) in [5.41, 5.74) is -0.855. The molecule has 14 heavy (non-hydrogen) atoms. The number of hydrogen-bond donors (Lipinski definition) is 2. The molecule has 2 fully saturated rings. The van der Waals surface area contributed by atoms with E-state index in [4.69, 9.17) is 0 Å². The fraction of sp³-hybridized carbons (Fsp3) is 1.00. The minimum absolute atomic E-state index is 0.247. The Morgan fingerprint density at radius 3 is 2.43 bits per heavy atom. The van der Waals surface area contributed by atoms with Crippen LogP contribution < -0.4 is 0 Å². The van der Waals surface area contributed by atoms with Gasteiger partial charge in [-0.05, 0) is 31.6 Å². The van der Waals surface area contributed by atoms with Crippen LogP contribution in [0.1, 0.15) is 52.4 Å². The van der Waals surface area contributed by atoms with Crippen LogP contribution in [0.15, 0.2) is 0 Å². The molecule has 2 saturated carbocycles. The summed E-state index contributed by atoms with van der Waals surface area (Å²) in [7, 11) is 0. The Hall–Kier alpha value is -0.0800. The number of rotatable bonds is 0. The van der Waals surface area contributed by atoms with E-state index >= 15 is 0 Å². The highest BCUT2D eigenvalue weighted by Gasteiger charge is 2.57. The molecular weight excluding hydrogens is 176 g/mol. The summed E-state index contributed by atoms with van der Waals surface area (Å²) in [5.74, 6) is 0.344. The Bertz CT molecular complexity index is 204. The Morgan fingerprint density at radius 1 is 1.14 bits per heavy atom. The maximum Gasteiger partial charge on any atom is 0.0751 e. The third-order valence-electron chi connectivity index (χ3n) is 4.92. The second-order valence-electron chi connectivity index (χ2n) is 5.54. The van der Waals surface area contributed by atoms with Crippen molar-refractivity contribution in [3.8, 4) is 0 Å². The predicted molar refractivity (Wildman–Crippen MR) is 55.9 cm³/mol. The molecule has 0 unspecified atom stereocenters. The molecular formula is C12H22O2. The molecule has 0 heterocycles. The fourth-order valence-electron chi connectivity index (χ4n) is 3.62. The summed E-state index contributed by atoms with van der Waals surface area (Å²) in [4.78, 5) is 0. The van der Waals surface area contributed by atoms with Crippen LogP contribution in [0, 0.1) is 11.3 Å². The lowest BCUT2D eigenvalue weighted by Gasteiger charge is -2.57. The number of fused-ring (bicyclic) bond motifs is 1. The van der Waals surface area contributed by atoms with Gasteiger partial charge in [0.1, 0.15) is 0 Å². The SMILES string of the molecule is C[C@H]1CC[C@@H](O)[C@@]2(C)CCCC[C@]12O. The van der Waals surface area contributed by atoms with Crippen molar-refractivity contribution in [2.75, 3.05) is 0 Å². The van der Waals surface area contributed by atoms with Crippen molar-refractivity contribution in [2.24, 2.45) is 11.3 Å². The molecule has 4 atom stereocenters. The van der Waals surface area contributed by atoms with Crippen molar-refractivity contribution in [3.05, 3.63) is 0 Å². The lowest BCUT2D eigenvalue weighted by atomic mass is 9.53. The summed E-state index contributed by atoms with van der Waals surface area (Å²) in [6.45, 7) is 4.21. The first-order valence-corrected chi connectivity index (χ1v) is 5.91. The summed E-state index contributed by atoms with van der Waals surface area (Å²) >= 11 is 0. The lowest BCUT2D eigenvalue weighted by Crippen LogP contribution is -2.61. The first-order valence-electron chi connectivity index (χ1n) is 5.91. The summed E-state index contributed by atoms with van der Waals surface area (Å²) in [5, 5.41) is 20.8. The first-order chi connectivity index (χ1) is 6.51. The van der Waals surface area contributed by atoms with E-state index in [0.29, 0.717) is 5.92 Å². The highest BCUT2D eigenvalue weighted by Crippen LogP contribution is 2.55. The summed E-state index contributed by atoms with van der Waals surface area (Å²) in [6.07, 6.45) is 5.65. The van der Waals surface area contributed by atoms with E-state index in [9.17, 15) is 10.2 Å². The Balaban J connectivity index is 2.33. The normalized spacial score (nSPS) is 54.0. The van der Waals surface area contributed by atoms with Crippen LogP contribution >= 0.6 is 0 Å². The minimum Gasteiger partial charge on any atom is -0.392 e. The Morgan fingerprint density at radius 2 is 1.79 bits per heavy atom. The van der Waals surface area contributed by atoms with E-state index in [1.54, 1.807) is 0 Å². The highest BCUT2D eigenvalue weighted by atomic mass is 16.3. The van der Waals surface area contributed by atoms with Crippen molar-refractivity contribution in [2.45, 2.75) is 64.1 Å². The summed E-state index contributed by atoms with van der Waals surface area (Å²) < 4.78 is 0. The zero-order valence-corrected chi connectivity index (χ0v) is 9.29. The van der Waals surface area contributed by atoms with Gasteiger partial charge in [-0.25, -0.2) is 0 Å². The monoisotopic (exact) mass is 198 g/mol. The average molecular weight is 198 g/mol. The molecule has 0 spiro atoms. The minimum atomic E-state index is -0.608. The number of aliphatic hydroxyl groups is 2. The molecule has 2 nitrogen and oxygen atoms in total. The van der Waals surface area contributed by atoms with Crippen LogP contribution in [0.2, 0.25) is 0 Å². The molecule has 2 rings (SSSR count). The quantitative estimate of drug-likeness (QED) is 0.625. The van der Waals surface area contributed by atoms with Crippen molar-refractivity contribution in [1.82, 2.24) is 0 Å². The molecule has 0 aromatic carbocycles. The molecule has 2 N–H and O–H groups in total. The van der Waals surface area contributed by atoms with Crippen LogP contribution in [0.25, 0.3) is 0 Å². The first kappa shape index (κ1) is 10.4. The molecule has 2 aliphatic carbocycles. The second-order valence-corrected chi connectivity index (χ2v) is 5.54. The zero-order chi connectivity index (χ0) is 10.4. The van der Waals surface area contributed by atoms with E-state index in [1.807, 2.05) is 0 Å². The fourth-order valence-corrected chi connectivity index (χ4v) is 3.62. The maximum atomic E-state index is 10.7. The summed E-state index contributed by atoms with van der Waals surface area (Å²) in [6, 6.07) is 0. The molecule has 0 aromatic rings. The third-order valence-corrected chi connectivity index (χ3v) is 4.92. The lowest BCUT2D eigenvalue weighted by molar-refractivity contribution is -0.210. The molecule has 0 aliphatic heterocycles. The van der Waals surface area contributed by atoms with Gasteiger partial charge in [0.15, 0.2) is 0 Å². The highest BCUT2D eigenvalue weighted by molar-refractivity contribution is 5.08. The van der Waals surface area contributed by atoms with Crippen LogP contribution in [0.3, 0.4) is 0 Å². The predicted octanol–water partition coefficient (Wildman–Crippen LogP) is 2.09. The van der Waals surface area contributed by atoms with Crippen LogP contribution in [-0.2, 0) is 0 Å². The van der Waals surface area contributed by atoms with Gasteiger partial charge in [0.25, 0.3) is 0 Å². The molecule has 0 amide bonds. The smallest absolute Gasteiger partial charge is 0.0751 e. The van der Waals surface area contributed by atoms with Gasteiger partial charge in [-0.3, -0.25) is 0 Å². The third kappa shape index (κ3) is 1.17. The zero-order valence-electron chi connectivity index (χ0n) is 9.29. The molecule has 0 radical (unpaired) electrons. The molecule has 0 saturated heterocycles. The van der Waals surface area contributed by atoms with Crippen molar-refractivity contribution in [1.29, 1.82) is 0 Å². The van der Waals surface area contributed by atoms with Crippen LogP contribution in [0.4, 0.5) is 0 Å². The molecule has 0 aromatic heterocycles.